The lowest BCUT2D eigenvalue weighted by Gasteiger charge is -2.03. The lowest BCUT2D eigenvalue weighted by atomic mass is 10.2. The fourth-order valence-electron chi connectivity index (χ4n) is 2.13. The molecule has 0 aliphatic carbocycles. The van der Waals surface area contributed by atoms with Gasteiger partial charge in [-0.15, -0.1) is 0 Å². The molecule has 0 amide bonds. The second kappa shape index (κ2) is 4.05. The first-order chi connectivity index (χ1) is 9.08. The van der Waals surface area contributed by atoms with Crippen molar-refractivity contribution in [3.8, 4) is 11.4 Å². The smallest absolute Gasteiger partial charge is 0.159 e. The van der Waals surface area contributed by atoms with Crippen molar-refractivity contribution in [2.45, 2.75) is 0 Å². The van der Waals surface area contributed by atoms with E-state index in [1.54, 1.807) is 10.6 Å². The molecule has 0 fully saturated rings. The standard InChI is InChI=1S/C14H11F2N3/c1-19-12-4-2-3-11(17)13(12)18-14(19)8-5-6-9(15)10(16)7-8/h2-7H,17H2,1H3. The van der Waals surface area contributed by atoms with Crippen LogP contribution >= 0.6 is 0 Å². The second-order valence-corrected chi connectivity index (χ2v) is 4.34. The van der Waals surface area contributed by atoms with Gasteiger partial charge in [0, 0.05) is 12.6 Å². The van der Waals surface area contributed by atoms with Crippen LogP contribution in [-0.2, 0) is 7.05 Å². The van der Waals surface area contributed by atoms with Crippen LogP contribution in [0.15, 0.2) is 36.4 Å². The minimum atomic E-state index is -0.891. The van der Waals surface area contributed by atoms with Gasteiger partial charge < -0.3 is 10.3 Å². The van der Waals surface area contributed by atoms with Crippen LogP contribution in [0, 0.1) is 11.6 Å². The molecule has 5 heteroatoms. The molecule has 0 aliphatic rings. The first-order valence-electron chi connectivity index (χ1n) is 5.74. The van der Waals surface area contributed by atoms with Crippen molar-refractivity contribution in [3.63, 3.8) is 0 Å². The zero-order chi connectivity index (χ0) is 13.6. The van der Waals surface area contributed by atoms with Gasteiger partial charge in [0.15, 0.2) is 11.6 Å². The quantitative estimate of drug-likeness (QED) is 0.682. The van der Waals surface area contributed by atoms with E-state index in [2.05, 4.69) is 4.98 Å². The van der Waals surface area contributed by atoms with Crippen LogP contribution in [0.3, 0.4) is 0 Å². The fraction of sp³-hybridized carbons (Fsp3) is 0.0714. The van der Waals surface area contributed by atoms with Crippen LogP contribution in [0.2, 0.25) is 0 Å². The molecular formula is C14H11F2N3. The summed E-state index contributed by atoms with van der Waals surface area (Å²) in [6.07, 6.45) is 0. The summed E-state index contributed by atoms with van der Waals surface area (Å²) in [4.78, 5) is 4.40. The number of benzene rings is 2. The highest BCUT2D eigenvalue weighted by Crippen LogP contribution is 2.27. The van der Waals surface area contributed by atoms with Crippen LogP contribution in [0.5, 0.6) is 0 Å². The summed E-state index contributed by atoms with van der Waals surface area (Å²) in [6.45, 7) is 0. The van der Waals surface area contributed by atoms with Crippen molar-refractivity contribution in [1.82, 2.24) is 9.55 Å². The van der Waals surface area contributed by atoms with Gasteiger partial charge in [0.05, 0.1) is 11.2 Å². The summed E-state index contributed by atoms with van der Waals surface area (Å²) in [5.41, 5.74) is 8.43. The van der Waals surface area contributed by atoms with Gasteiger partial charge in [-0.1, -0.05) is 6.07 Å². The Hall–Kier alpha value is -2.43. The molecule has 0 spiro atoms. The number of nitrogens with two attached hydrogens (primary N) is 1. The van der Waals surface area contributed by atoms with Crippen molar-refractivity contribution in [1.29, 1.82) is 0 Å². The number of hydrogen-bond donors (Lipinski definition) is 1. The summed E-state index contributed by atoms with van der Waals surface area (Å²) in [5, 5.41) is 0. The number of aromatic nitrogens is 2. The number of nitrogen functional groups attached to an aromatic ring is 1. The number of halogens is 2. The Morgan fingerprint density at radius 2 is 1.89 bits per heavy atom. The molecule has 0 aliphatic heterocycles. The molecular weight excluding hydrogens is 248 g/mol. The average Bonchev–Trinajstić information content (AvgIpc) is 2.72. The van der Waals surface area contributed by atoms with Gasteiger partial charge in [0.1, 0.15) is 11.3 Å². The van der Waals surface area contributed by atoms with E-state index in [1.165, 1.54) is 6.07 Å². The largest absolute Gasteiger partial charge is 0.397 e. The van der Waals surface area contributed by atoms with E-state index in [0.717, 1.165) is 17.6 Å². The third-order valence-corrected chi connectivity index (χ3v) is 3.12. The normalized spacial score (nSPS) is 11.1. The van der Waals surface area contributed by atoms with Gasteiger partial charge in [0.2, 0.25) is 0 Å². The Labute approximate surface area is 108 Å². The van der Waals surface area contributed by atoms with Crippen LogP contribution in [0.25, 0.3) is 22.4 Å². The van der Waals surface area contributed by atoms with E-state index in [0.29, 0.717) is 22.6 Å². The van der Waals surface area contributed by atoms with E-state index in [4.69, 9.17) is 5.73 Å². The fourth-order valence-corrected chi connectivity index (χ4v) is 2.13. The van der Waals surface area contributed by atoms with Gasteiger partial charge in [-0.05, 0) is 30.3 Å². The number of hydrogen-bond acceptors (Lipinski definition) is 2. The number of imidazole rings is 1. The van der Waals surface area contributed by atoms with Crippen molar-refractivity contribution in [2.75, 3.05) is 5.73 Å². The number of fused-ring (bicyclic) bond motifs is 1. The van der Waals surface area contributed by atoms with Gasteiger partial charge in [0.25, 0.3) is 0 Å². The van der Waals surface area contributed by atoms with Gasteiger partial charge in [-0.2, -0.15) is 0 Å². The maximum absolute atomic E-state index is 13.3. The molecule has 0 saturated heterocycles. The maximum atomic E-state index is 13.3. The monoisotopic (exact) mass is 259 g/mol. The molecule has 0 bridgehead atoms. The van der Waals surface area contributed by atoms with E-state index >= 15 is 0 Å². The number of nitrogens with zero attached hydrogens (tertiary/aromatic N) is 2. The minimum Gasteiger partial charge on any atom is -0.397 e. The molecule has 19 heavy (non-hydrogen) atoms. The highest BCUT2D eigenvalue weighted by molar-refractivity contribution is 5.90. The summed E-state index contributed by atoms with van der Waals surface area (Å²) < 4.78 is 28.1. The van der Waals surface area contributed by atoms with Crippen LogP contribution < -0.4 is 5.73 Å². The molecule has 3 aromatic rings. The van der Waals surface area contributed by atoms with E-state index in [-0.39, 0.29) is 0 Å². The summed E-state index contributed by atoms with van der Waals surface area (Å²) in [7, 11) is 1.81. The molecule has 2 aromatic carbocycles. The molecule has 2 N–H and O–H groups in total. The Kier molecular flexibility index (Phi) is 2.48. The third kappa shape index (κ3) is 1.74. The highest BCUT2D eigenvalue weighted by atomic mass is 19.2. The zero-order valence-electron chi connectivity index (χ0n) is 10.2. The lowest BCUT2D eigenvalue weighted by Crippen LogP contribution is -1.94. The third-order valence-electron chi connectivity index (χ3n) is 3.12. The van der Waals surface area contributed by atoms with Crippen LogP contribution in [-0.4, -0.2) is 9.55 Å². The SMILES string of the molecule is Cn1c(-c2ccc(F)c(F)c2)nc2c(N)cccc21. The number of anilines is 1. The van der Waals surface area contributed by atoms with E-state index < -0.39 is 11.6 Å². The predicted molar refractivity (Wildman–Crippen MR) is 70.5 cm³/mol. The number of para-hydroxylation sites is 1. The molecule has 0 radical (unpaired) electrons. The minimum absolute atomic E-state index is 0.511. The summed E-state index contributed by atoms with van der Waals surface area (Å²) in [5.74, 6) is -1.22. The first-order valence-corrected chi connectivity index (χ1v) is 5.74. The predicted octanol–water partition coefficient (Wildman–Crippen LogP) is 3.10. The second-order valence-electron chi connectivity index (χ2n) is 4.34. The van der Waals surface area contributed by atoms with Crippen molar-refractivity contribution >= 4 is 16.7 Å². The zero-order valence-corrected chi connectivity index (χ0v) is 10.2. The Bertz CT molecular complexity index is 778. The molecule has 3 nitrogen and oxygen atoms in total. The Balaban J connectivity index is 2.28. The Morgan fingerprint density at radius 3 is 2.58 bits per heavy atom. The average molecular weight is 259 g/mol. The van der Waals surface area contributed by atoms with Crippen LogP contribution in [0.1, 0.15) is 0 Å². The molecule has 3 rings (SSSR count). The van der Waals surface area contributed by atoms with Gasteiger partial charge in [-0.3, -0.25) is 0 Å². The van der Waals surface area contributed by atoms with E-state index in [9.17, 15) is 8.78 Å². The summed E-state index contributed by atoms with van der Waals surface area (Å²) >= 11 is 0. The molecule has 0 unspecified atom stereocenters. The molecule has 1 heterocycles. The number of aryl methyl sites for hydroxylation is 1. The summed E-state index contributed by atoms with van der Waals surface area (Å²) in [6, 6.07) is 9.18. The first kappa shape index (κ1) is 11.6. The Morgan fingerprint density at radius 1 is 1.11 bits per heavy atom. The van der Waals surface area contributed by atoms with Crippen LogP contribution in [0.4, 0.5) is 14.5 Å². The highest BCUT2D eigenvalue weighted by Gasteiger charge is 2.13. The van der Waals surface area contributed by atoms with Gasteiger partial charge >= 0.3 is 0 Å². The van der Waals surface area contributed by atoms with Crippen molar-refractivity contribution < 1.29 is 8.78 Å². The molecule has 1 aromatic heterocycles. The molecule has 0 saturated carbocycles. The van der Waals surface area contributed by atoms with Crippen molar-refractivity contribution in [3.05, 3.63) is 48.0 Å². The molecule has 96 valence electrons. The topological polar surface area (TPSA) is 43.8 Å². The lowest BCUT2D eigenvalue weighted by molar-refractivity contribution is 0.509. The number of rotatable bonds is 1. The van der Waals surface area contributed by atoms with E-state index in [1.807, 2.05) is 19.2 Å². The molecule has 0 atom stereocenters. The maximum Gasteiger partial charge on any atom is 0.159 e. The van der Waals surface area contributed by atoms with Crippen molar-refractivity contribution in [2.24, 2.45) is 7.05 Å². The van der Waals surface area contributed by atoms with Gasteiger partial charge in [-0.25, -0.2) is 13.8 Å².